The lowest BCUT2D eigenvalue weighted by molar-refractivity contribution is 0.463. The van der Waals surface area contributed by atoms with Crippen molar-refractivity contribution in [3.8, 4) is 0 Å². The van der Waals surface area contributed by atoms with Crippen molar-refractivity contribution >= 4 is 11.7 Å². The number of aromatic nitrogens is 1. The van der Waals surface area contributed by atoms with Gasteiger partial charge in [0.1, 0.15) is 11.7 Å². The average Bonchev–Trinajstić information content (AvgIpc) is 2.46. The molecule has 5 nitrogen and oxygen atoms in total. The first-order valence-corrected chi connectivity index (χ1v) is 6.58. The van der Waals surface area contributed by atoms with Gasteiger partial charge in [0.05, 0.1) is 5.56 Å². The Balaban J connectivity index is 1.79. The Labute approximate surface area is 117 Å². The minimum absolute atomic E-state index is 0.433. The molecule has 0 bridgehead atoms. The van der Waals surface area contributed by atoms with E-state index >= 15 is 0 Å². The van der Waals surface area contributed by atoms with Crippen molar-refractivity contribution < 1.29 is 0 Å². The molecule has 0 aliphatic carbocycles. The third-order valence-corrected chi connectivity index (χ3v) is 3.38. The Bertz CT molecular complexity index is 638. The molecule has 1 aliphatic rings. The van der Waals surface area contributed by atoms with Crippen LogP contribution in [-0.4, -0.2) is 16.6 Å². The number of amidine groups is 1. The van der Waals surface area contributed by atoms with Crippen LogP contribution < -0.4 is 16.8 Å². The van der Waals surface area contributed by atoms with Crippen LogP contribution >= 0.6 is 0 Å². The van der Waals surface area contributed by atoms with Crippen LogP contribution in [0.15, 0.2) is 53.7 Å². The van der Waals surface area contributed by atoms with Crippen molar-refractivity contribution in [1.29, 1.82) is 0 Å². The summed E-state index contributed by atoms with van der Waals surface area (Å²) in [6.45, 7) is 0. The molecule has 5 heteroatoms. The first-order valence-electron chi connectivity index (χ1n) is 6.58. The zero-order chi connectivity index (χ0) is 14.0. The Morgan fingerprint density at radius 3 is 2.70 bits per heavy atom. The van der Waals surface area contributed by atoms with Gasteiger partial charge in [0.25, 0.3) is 0 Å². The van der Waals surface area contributed by atoms with Crippen LogP contribution in [0.5, 0.6) is 0 Å². The van der Waals surface area contributed by atoms with Crippen molar-refractivity contribution in [2.24, 2.45) is 16.5 Å². The molecule has 5 N–H and O–H groups in total. The van der Waals surface area contributed by atoms with Crippen LogP contribution in [0, 0.1) is 0 Å². The number of nitrogens with two attached hydrogens (primary N) is 2. The zero-order valence-electron chi connectivity index (χ0n) is 11.1. The fraction of sp³-hybridized carbons (Fsp3) is 0.200. The average molecular weight is 267 g/mol. The molecule has 0 fully saturated rings. The van der Waals surface area contributed by atoms with Gasteiger partial charge in [0.2, 0.25) is 0 Å². The molecule has 1 unspecified atom stereocenters. The van der Waals surface area contributed by atoms with E-state index in [1.807, 2.05) is 30.3 Å². The van der Waals surface area contributed by atoms with Crippen LogP contribution in [0.2, 0.25) is 0 Å². The van der Waals surface area contributed by atoms with Gasteiger partial charge in [-0.3, -0.25) is 5.73 Å². The molecule has 2 heterocycles. The fourth-order valence-electron chi connectivity index (χ4n) is 2.32. The summed E-state index contributed by atoms with van der Waals surface area (Å²) in [5, 5.41) is 3.17. The summed E-state index contributed by atoms with van der Waals surface area (Å²) in [5.74, 6) is 0.222. The van der Waals surface area contributed by atoms with Gasteiger partial charge < -0.3 is 11.1 Å². The molecule has 3 rings (SSSR count). The highest BCUT2D eigenvalue weighted by Crippen LogP contribution is 2.24. The smallest absolute Gasteiger partial charge is 0.186 e. The van der Waals surface area contributed by atoms with Crippen molar-refractivity contribution in [3.05, 3.63) is 59.8 Å². The molecule has 2 aromatic rings. The lowest BCUT2D eigenvalue weighted by Crippen LogP contribution is -2.50. The maximum absolute atomic E-state index is 6.29. The van der Waals surface area contributed by atoms with Gasteiger partial charge in [-0.15, -0.1) is 0 Å². The maximum Gasteiger partial charge on any atom is 0.186 e. The molecule has 0 spiro atoms. The maximum atomic E-state index is 6.29. The van der Waals surface area contributed by atoms with E-state index < -0.39 is 5.79 Å². The predicted octanol–water partition coefficient (Wildman–Crippen LogP) is 1.46. The second-order valence-corrected chi connectivity index (χ2v) is 4.93. The van der Waals surface area contributed by atoms with E-state index in [1.54, 1.807) is 6.20 Å². The lowest BCUT2D eigenvalue weighted by Gasteiger charge is -2.32. The summed E-state index contributed by atoms with van der Waals surface area (Å²) in [5.41, 5.74) is 14.3. The third-order valence-electron chi connectivity index (χ3n) is 3.38. The molecular weight excluding hydrogens is 250 g/mol. The van der Waals surface area contributed by atoms with Crippen molar-refractivity contribution in [3.63, 3.8) is 0 Å². The van der Waals surface area contributed by atoms with Crippen molar-refractivity contribution in [1.82, 2.24) is 4.98 Å². The quantitative estimate of drug-likeness (QED) is 0.785. The number of fused-ring (bicyclic) bond motifs is 1. The van der Waals surface area contributed by atoms with Crippen molar-refractivity contribution in [2.75, 3.05) is 5.32 Å². The van der Waals surface area contributed by atoms with Gasteiger partial charge in [-0.25, -0.2) is 9.98 Å². The van der Waals surface area contributed by atoms with E-state index in [1.165, 1.54) is 5.56 Å². The van der Waals surface area contributed by atoms with Crippen LogP contribution in [0.1, 0.15) is 17.5 Å². The molecule has 20 heavy (non-hydrogen) atoms. The summed E-state index contributed by atoms with van der Waals surface area (Å²) >= 11 is 0. The normalized spacial score (nSPS) is 20.8. The van der Waals surface area contributed by atoms with E-state index in [2.05, 4.69) is 27.4 Å². The van der Waals surface area contributed by atoms with Crippen LogP contribution in [0.4, 0.5) is 5.82 Å². The van der Waals surface area contributed by atoms with Gasteiger partial charge in [0.15, 0.2) is 5.79 Å². The number of benzene rings is 1. The molecule has 1 atom stereocenters. The summed E-state index contributed by atoms with van der Waals surface area (Å²) in [6, 6.07) is 13.9. The minimum atomic E-state index is -0.902. The number of aliphatic imine (C=N–C) groups is 1. The summed E-state index contributed by atoms with van der Waals surface area (Å²) in [4.78, 5) is 8.66. The summed E-state index contributed by atoms with van der Waals surface area (Å²) < 4.78 is 0. The highest BCUT2D eigenvalue weighted by atomic mass is 15.3. The second-order valence-electron chi connectivity index (χ2n) is 4.93. The fourth-order valence-corrected chi connectivity index (χ4v) is 2.32. The Morgan fingerprint density at radius 2 is 1.90 bits per heavy atom. The molecule has 102 valence electrons. The van der Waals surface area contributed by atoms with E-state index in [-0.39, 0.29) is 0 Å². The number of nitrogens with one attached hydrogen (secondary N) is 1. The monoisotopic (exact) mass is 267 g/mol. The first-order chi connectivity index (χ1) is 9.66. The van der Waals surface area contributed by atoms with Gasteiger partial charge in [-0.2, -0.15) is 0 Å². The van der Waals surface area contributed by atoms with E-state index in [0.29, 0.717) is 18.1 Å². The largest absolute Gasteiger partial charge is 0.383 e. The zero-order valence-corrected chi connectivity index (χ0v) is 11.1. The van der Waals surface area contributed by atoms with Gasteiger partial charge in [-0.1, -0.05) is 30.3 Å². The molecular formula is C15H17N5. The molecule has 1 aromatic carbocycles. The number of hydrogen-bond acceptors (Lipinski definition) is 5. The molecule has 0 amide bonds. The van der Waals surface area contributed by atoms with Gasteiger partial charge in [-0.05, 0) is 24.1 Å². The van der Waals surface area contributed by atoms with E-state index in [0.717, 1.165) is 12.0 Å². The number of nitrogens with zero attached hydrogens (tertiary/aromatic N) is 2. The highest BCUT2D eigenvalue weighted by Gasteiger charge is 2.30. The summed E-state index contributed by atoms with van der Waals surface area (Å²) in [6.07, 6.45) is 3.18. The summed E-state index contributed by atoms with van der Waals surface area (Å²) in [7, 11) is 0. The van der Waals surface area contributed by atoms with E-state index in [4.69, 9.17) is 11.5 Å². The number of anilines is 1. The molecule has 1 aliphatic heterocycles. The van der Waals surface area contributed by atoms with Crippen molar-refractivity contribution in [2.45, 2.75) is 18.6 Å². The minimum Gasteiger partial charge on any atom is -0.383 e. The first kappa shape index (κ1) is 12.6. The number of hydrogen-bond donors (Lipinski definition) is 3. The Kier molecular flexibility index (Phi) is 3.12. The van der Waals surface area contributed by atoms with Gasteiger partial charge >= 0.3 is 0 Å². The van der Waals surface area contributed by atoms with Crippen LogP contribution in [-0.2, 0) is 6.42 Å². The Hall–Kier alpha value is -2.40. The standard InChI is InChI=1S/C15H17N5/c16-13-12-7-4-10-18-14(12)20-15(17,19-13)9-8-11-5-2-1-3-6-11/h1-7,10H,8-9,17H2,(H2,16,19)(H,18,20). The lowest BCUT2D eigenvalue weighted by atomic mass is 10.0. The Morgan fingerprint density at radius 1 is 1.10 bits per heavy atom. The SMILES string of the molecule is NC1=NC(N)(CCc2ccccc2)Nc2ncccc21. The highest BCUT2D eigenvalue weighted by molar-refractivity contribution is 6.03. The third kappa shape index (κ3) is 2.48. The van der Waals surface area contributed by atoms with Crippen LogP contribution in [0.25, 0.3) is 0 Å². The number of rotatable bonds is 3. The molecule has 1 aromatic heterocycles. The number of aryl methyl sites for hydroxylation is 1. The van der Waals surface area contributed by atoms with E-state index in [9.17, 15) is 0 Å². The molecule has 0 radical (unpaired) electrons. The van der Waals surface area contributed by atoms with Crippen LogP contribution in [0.3, 0.4) is 0 Å². The number of pyridine rings is 1. The molecule has 0 saturated carbocycles. The second kappa shape index (κ2) is 4.94. The molecule has 0 saturated heterocycles. The van der Waals surface area contributed by atoms with Gasteiger partial charge in [0, 0.05) is 12.6 Å². The predicted molar refractivity (Wildman–Crippen MR) is 80.3 cm³/mol. The topological polar surface area (TPSA) is 89.3 Å².